The lowest BCUT2D eigenvalue weighted by Gasteiger charge is -2.10. The van der Waals surface area contributed by atoms with E-state index in [0.29, 0.717) is 30.0 Å². The summed E-state index contributed by atoms with van der Waals surface area (Å²) < 4.78 is 3.37. The number of aryl methyl sites for hydroxylation is 1. The minimum atomic E-state index is -0.150. The molecule has 0 aliphatic rings. The summed E-state index contributed by atoms with van der Waals surface area (Å²) >= 11 is 0. The van der Waals surface area contributed by atoms with E-state index >= 15 is 0 Å². The van der Waals surface area contributed by atoms with Crippen LogP contribution in [0.5, 0.6) is 0 Å². The second-order valence-corrected chi connectivity index (χ2v) is 6.09. The molecule has 0 saturated carbocycles. The molecule has 26 heavy (non-hydrogen) atoms. The number of hydroxylamine groups is 1. The molecule has 8 heteroatoms. The average molecular weight is 357 g/mol. The van der Waals surface area contributed by atoms with E-state index in [4.69, 9.17) is 4.84 Å². The predicted octanol–water partition coefficient (Wildman–Crippen LogP) is 2.19. The van der Waals surface area contributed by atoms with Crippen LogP contribution in [0.15, 0.2) is 29.1 Å². The Labute approximate surface area is 150 Å². The highest BCUT2D eigenvalue weighted by molar-refractivity contribution is 5.80. The average Bonchev–Trinajstić information content (AvgIpc) is 3.06. The standard InChI is InChI=1S/C18H23N5O3/c1-3-5-6-11-16(24)21-26-12-15-19-20-18-22(4-2)17(25)13-9-7-8-10-14(13)23(15)18/h7-10H,3-6,11-12H2,1-2H3,(H,21,24). The number of fused-ring (bicyclic) bond motifs is 3. The van der Waals surface area contributed by atoms with Gasteiger partial charge in [-0.2, -0.15) is 0 Å². The van der Waals surface area contributed by atoms with Gasteiger partial charge in [0.15, 0.2) is 5.82 Å². The molecule has 3 aromatic rings. The van der Waals surface area contributed by atoms with Crippen molar-refractivity contribution in [3.8, 4) is 0 Å². The van der Waals surface area contributed by atoms with E-state index in [9.17, 15) is 9.59 Å². The summed E-state index contributed by atoms with van der Waals surface area (Å²) in [5.74, 6) is 0.832. The summed E-state index contributed by atoms with van der Waals surface area (Å²) in [5, 5.41) is 8.88. The third-order valence-corrected chi connectivity index (χ3v) is 4.29. The van der Waals surface area contributed by atoms with Crippen LogP contribution in [-0.2, 0) is 22.8 Å². The van der Waals surface area contributed by atoms with Crippen LogP contribution in [0.25, 0.3) is 16.7 Å². The van der Waals surface area contributed by atoms with Crippen LogP contribution in [0.2, 0.25) is 0 Å². The van der Waals surface area contributed by atoms with E-state index in [-0.39, 0.29) is 18.1 Å². The Hall–Kier alpha value is -2.74. The van der Waals surface area contributed by atoms with Crippen molar-refractivity contribution >= 4 is 22.6 Å². The minimum absolute atomic E-state index is 0.0621. The summed E-state index contributed by atoms with van der Waals surface area (Å²) in [4.78, 5) is 29.7. The summed E-state index contributed by atoms with van der Waals surface area (Å²) in [6, 6.07) is 7.31. The molecule has 138 valence electrons. The highest BCUT2D eigenvalue weighted by atomic mass is 16.7. The number of aromatic nitrogens is 4. The molecule has 0 fully saturated rings. The van der Waals surface area contributed by atoms with Crippen molar-refractivity contribution in [2.24, 2.45) is 0 Å². The number of carbonyl (C=O) groups is 1. The fourth-order valence-corrected chi connectivity index (χ4v) is 2.96. The van der Waals surface area contributed by atoms with Crippen molar-refractivity contribution in [2.75, 3.05) is 0 Å². The van der Waals surface area contributed by atoms with E-state index < -0.39 is 0 Å². The van der Waals surface area contributed by atoms with Crippen molar-refractivity contribution in [3.63, 3.8) is 0 Å². The maximum absolute atomic E-state index is 12.6. The van der Waals surface area contributed by atoms with E-state index in [2.05, 4.69) is 22.6 Å². The molecule has 8 nitrogen and oxygen atoms in total. The lowest BCUT2D eigenvalue weighted by molar-refractivity contribution is -0.134. The van der Waals surface area contributed by atoms with Gasteiger partial charge < -0.3 is 0 Å². The fraction of sp³-hybridized carbons (Fsp3) is 0.444. The Morgan fingerprint density at radius 2 is 2.00 bits per heavy atom. The largest absolute Gasteiger partial charge is 0.277 e. The Balaban J connectivity index is 1.85. The van der Waals surface area contributed by atoms with Crippen LogP contribution in [0.1, 0.15) is 45.4 Å². The molecule has 2 aromatic heterocycles. The number of amides is 1. The van der Waals surface area contributed by atoms with E-state index in [1.165, 1.54) is 0 Å². The second kappa shape index (κ2) is 8.09. The van der Waals surface area contributed by atoms with Gasteiger partial charge in [0.1, 0.15) is 6.61 Å². The zero-order valence-corrected chi connectivity index (χ0v) is 15.1. The molecule has 3 rings (SSSR count). The number of nitrogens with one attached hydrogen (secondary N) is 1. The summed E-state index contributed by atoms with van der Waals surface area (Å²) in [6.45, 7) is 4.52. The second-order valence-electron chi connectivity index (χ2n) is 6.09. The van der Waals surface area contributed by atoms with Gasteiger partial charge in [-0.3, -0.25) is 23.4 Å². The molecule has 0 bridgehead atoms. The van der Waals surface area contributed by atoms with Gasteiger partial charge in [-0.15, -0.1) is 10.2 Å². The third kappa shape index (κ3) is 3.45. The first-order chi connectivity index (χ1) is 12.7. The monoisotopic (exact) mass is 357 g/mol. The van der Waals surface area contributed by atoms with Crippen LogP contribution in [0, 0.1) is 0 Å². The van der Waals surface area contributed by atoms with E-state index in [1.807, 2.05) is 25.1 Å². The highest BCUT2D eigenvalue weighted by Gasteiger charge is 2.15. The maximum Gasteiger partial charge on any atom is 0.262 e. The number of benzene rings is 1. The summed E-state index contributed by atoms with van der Waals surface area (Å²) in [5.41, 5.74) is 3.06. The molecular weight excluding hydrogens is 334 g/mol. The van der Waals surface area contributed by atoms with Gasteiger partial charge >= 0.3 is 0 Å². The number of nitrogens with zero attached hydrogens (tertiary/aromatic N) is 4. The van der Waals surface area contributed by atoms with Gasteiger partial charge in [-0.1, -0.05) is 31.9 Å². The first-order valence-corrected chi connectivity index (χ1v) is 8.93. The normalized spacial score (nSPS) is 11.3. The molecule has 0 saturated heterocycles. The molecule has 1 N–H and O–H groups in total. The number of para-hydroxylation sites is 1. The van der Waals surface area contributed by atoms with Gasteiger partial charge in [0.2, 0.25) is 11.7 Å². The lowest BCUT2D eigenvalue weighted by atomic mass is 10.2. The highest BCUT2D eigenvalue weighted by Crippen LogP contribution is 2.14. The van der Waals surface area contributed by atoms with E-state index in [1.54, 1.807) is 15.0 Å². The Morgan fingerprint density at radius 1 is 1.19 bits per heavy atom. The minimum Gasteiger partial charge on any atom is -0.277 e. The molecular formula is C18H23N5O3. The molecule has 0 radical (unpaired) electrons. The van der Waals surface area contributed by atoms with Gasteiger partial charge in [0.05, 0.1) is 10.9 Å². The Kier molecular flexibility index (Phi) is 5.62. The molecule has 0 aliphatic carbocycles. The zero-order chi connectivity index (χ0) is 18.5. The van der Waals surface area contributed by atoms with Crippen LogP contribution in [-0.4, -0.2) is 25.1 Å². The maximum atomic E-state index is 12.6. The number of unbranched alkanes of at least 4 members (excludes halogenated alkanes) is 2. The zero-order valence-electron chi connectivity index (χ0n) is 15.1. The van der Waals surface area contributed by atoms with Crippen LogP contribution in [0.4, 0.5) is 0 Å². The van der Waals surface area contributed by atoms with Crippen LogP contribution >= 0.6 is 0 Å². The number of hydrogen-bond acceptors (Lipinski definition) is 5. The van der Waals surface area contributed by atoms with Crippen molar-refractivity contribution < 1.29 is 9.63 Å². The Bertz CT molecular complexity index is 976. The first kappa shape index (κ1) is 18.1. The van der Waals surface area contributed by atoms with Gasteiger partial charge in [-0.25, -0.2) is 5.48 Å². The van der Waals surface area contributed by atoms with Crippen LogP contribution < -0.4 is 11.0 Å². The van der Waals surface area contributed by atoms with Gasteiger partial charge in [0.25, 0.3) is 5.56 Å². The van der Waals surface area contributed by atoms with Crippen molar-refractivity contribution in [3.05, 3.63) is 40.4 Å². The molecule has 0 unspecified atom stereocenters. The lowest BCUT2D eigenvalue weighted by Crippen LogP contribution is -2.24. The van der Waals surface area contributed by atoms with Crippen molar-refractivity contribution in [2.45, 2.75) is 52.7 Å². The van der Waals surface area contributed by atoms with Crippen molar-refractivity contribution in [1.82, 2.24) is 24.6 Å². The smallest absolute Gasteiger partial charge is 0.262 e. The Morgan fingerprint density at radius 3 is 2.77 bits per heavy atom. The third-order valence-electron chi connectivity index (χ3n) is 4.29. The molecule has 2 heterocycles. The molecule has 0 aliphatic heterocycles. The molecule has 0 spiro atoms. The summed E-state index contributed by atoms with van der Waals surface area (Å²) in [6.07, 6.45) is 3.36. The fourth-order valence-electron chi connectivity index (χ4n) is 2.96. The molecule has 1 amide bonds. The van der Waals surface area contributed by atoms with Gasteiger partial charge in [-0.05, 0) is 25.5 Å². The number of hydrogen-bond donors (Lipinski definition) is 1. The van der Waals surface area contributed by atoms with Gasteiger partial charge in [0, 0.05) is 13.0 Å². The number of carbonyl (C=O) groups excluding carboxylic acids is 1. The molecule has 0 atom stereocenters. The SMILES string of the molecule is CCCCCC(=O)NOCc1nnc2n(CC)c(=O)c3ccccc3n12. The topological polar surface area (TPSA) is 90.5 Å². The molecule has 1 aromatic carbocycles. The quantitative estimate of drug-likeness (QED) is 0.493. The predicted molar refractivity (Wildman–Crippen MR) is 97.5 cm³/mol. The van der Waals surface area contributed by atoms with E-state index in [0.717, 1.165) is 24.8 Å². The number of rotatable bonds is 8. The van der Waals surface area contributed by atoms with Crippen molar-refractivity contribution in [1.29, 1.82) is 0 Å². The van der Waals surface area contributed by atoms with Crippen LogP contribution in [0.3, 0.4) is 0 Å². The first-order valence-electron chi connectivity index (χ1n) is 8.93. The summed E-state index contributed by atoms with van der Waals surface area (Å²) in [7, 11) is 0.